The van der Waals surface area contributed by atoms with E-state index in [1.807, 2.05) is 12.1 Å². The van der Waals surface area contributed by atoms with E-state index in [4.69, 9.17) is 4.98 Å². The molecule has 0 radical (unpaired) electrons. The van der Waals surface area contributed by atoms with E-state index in [1.54, 1.807) is 0 Å². The number of aromatic nitrogens is 1. The average Bonchev–Trinajstić information content (AvgIpc) is 3.28. The summed E-state index contributed by atoms with van der Waals surface area (Å²) in [5.41, 5.74) is 4.07. The quantitative estimate of drug-likeness (QED) is 0.498. The lowest BCUT2D eigenvalue weighted by Crippen LogP contribution is -2.44. The Kier molecular flexibility index (Phi) is 7.24. The van der Waals surface area contributed by atoms with Crippen LogP contribution in [0, 0.1) is 11.3 Å². The Hall–Kier alpha value is -2.28. The zero-order valence-corrected chi connectivity index (χ0v) is 22.1. The van der Waals surface area contributed by atoms with Crippen LogP contribution >= 0.6 is 11.3 Å². The summed E-state index contributed by atoms with van der Waals surface area (Å²) in [5, 5.41) is 7.86. The number of amides is 1. The third kappa shape index (κ3) is 5.76. The molecule has 1 aliphatic heterocycles. The molecule has 1 saturated heterocycles. The van der Waals surface area contributed by atoms with Crippen LogP contribution < -0.4 is 10.6 Å². The molecule has 1 amide bonds. The van der Waals surface area contributed by atoms with Crippen LogP contribution in [0.1, 0.15) is 66.1 Å². The van der Waals surface area contributed by atoms with E-state index in [0.717, 1.165) is 67.1 Å². The van der Waals surface area contributed by atoms with Crippen molar-refractivity contribution in [3.63, 3.8) is 0 Å². The minimum absolute atomic E-state index is 0.00231. The highest BCUT2D eigenvalue weighted by atomic mass is 32.1. The van der Waals surface area contributed by atoms with Crippen molar-refractivity contribution in [2.45, 2.75) is 52.5 Å². The second-order valence-electron chi connectivity index (χ2n) is 11.2. The van der Waals surface area contributed by atoms with Crippen LogP contribution in [-0.4, -0.2) is 48.5 Å². The molecule has 1 unspecified atom stereocenters. The Balaban J connectivity index is 1.33. The molecule has 0 spiro atoms. The number of thiophene rings is 1. The molecule has 5 rings (SSSR count). The number of rotatable bonds is 6. The first-order valence-electron chi connectivity index (χ1n) is 13.1. The molecule has 3 heterocycles. The smallest absolute Gasteiger partial charge is 0.261 e. The topological polar surface area (TPSA) is 57.3 Å². The van der Waals surface area contributed by atoms with Crippen LogP contribution in [0.15, 0.2) is 42.5 Å². The maximum atomic E-state index is 13.4. The monoisotopic (exact) mass is 490 g/mol. The molecule has 1 aliphatic carbocycles. The number of hydrogen-bond acceptors (Lipinski definition) is 5. The van der Waals surface area contributed by atoms with Crippen LogP contribution in [0.2, 0.25) is 0 Å². The van der Waals surface area contributed by atoms with Crippen molar-refractivity contribution in [3.05, 3.63) is 64.2 Å². The fourth-order valence-corrected chi connectivity index (χ4v) is 6.40. The number of pyridine rings is 1. The van der Waals surface area contributed by atoms with Gasteiger partial charge in [-0.3, -0.25) is 4.79 Å². The zero-order valence-electron chi connectivity index (χ0n) is 21.3. The van der Waals surface area contributed by atoms with Gasteiger partial charge >= 0.3 is 0 Å². The lowest BCUT2D eigenvalue weighted by atomic mass is 9.71. The van der Waals surface area contributed by atoms with Crippen molar-refractivity contribution in [1.82, 2.24) is 20.5 Å². The molecule has 0 bridgehead atoms. The summed E-state index contributed by atoms with van der Waals surface area (Å²) in [6, 6.07) is 14.7. The summed E-state index contributed by atoms with van der Waals surface area (Å²) in [7, 11) is 0. The standard InChI is InChI=1S/C29H38N4OS/c1-29(2,3)23-9-10-24-21(18-23)17-22-19-26(35-28(22)32-24)27(34)31-25(20-7-5-4-6-8-20)11-14-33-15-12-30-13-16-33/h4-8,17,19,23,25,30H,9-16,18H2,1-3H3,(H,31,34)/t23-,25?/m0/s1. The summed E-state index contributed by atoms with van der Waals surface area (Å²) in [5.74, 6) is 0.686. The van der Waals surface area contributed by atoms with E-state index in [9.17, 15) is 4.79 Å². The fourth-order valence-electron chi connectivity index (χ4n) is 5.46. The number of nitrogens with one attached hydrogen (secondary N) is 2. The second kappa shape index (κ2) is 10.4. The third-order valence-corrected chi connectivity index (χ3v) is 8.82. The number of nitrogens with zero attached hydrogens (tertiary/aromatic N) is 2. The van der Waals surface area contributed by atoms with Crippen LogP contribution in [0.5, 0.6) is 0 Å². The number of fused-ring (bicyclic) bond motifs is 2. The Bertz CT molecular complexity index is 1160. The number of carbonyl (C=O) groups is 1. The van der Waals surface area contributed by atoms with Gasteiger partial charge in [-0.25, -0.2) is 4.98 Å². The number of hydrogen-bond donors (Lipinski definition) is 2. The lowest BCUT2D eigenvalue weighted by Gasteiger charge is -2.34. The molecular formula is C29H38N4OS. The highest BCUT2D eigenvalue weighted by molar-refractivity contribution is 7.20. The van der Waals surface area contributed by atoms with Crippen LogP contribution in [-0.2, 0) is 12.8 Å². The molecule has 2 N–H and O–H groups in total. The van der Waals surface area contributed by atoms with Gasteiger partial charge in [0.2, 0.25) is 0 Å². The van der Waals surface area contributed by atoms with Gasteiger partial charge in [0.1, 0.15) is 4.83 Å². The molecule has 0 saturated carbocycles. The van der Waals surface area contributed by atoms with Gasteiger partial charge in [0.05, 0.1) is 10.9 Å². The van der Waals surface area contributed by atoms with Gasteiger partial charge in [-0.2, -0.15) is 0 Å². The zero-order chi connectivity index (χ0) is 24.4. The first kappa shape index (κ1) is 24.4. The van der Waals surface area contributed by atoms with Crippen molar-refractivity contribution in [1.29, 1.82) is 0 Å². The number of carbonyl (C=O) groups excluding carboxylic acids is 1. The minimum atomic E-state index is -0.00231. The molecule has 3 aromatic rings. The Morgan fingerprint density at radius 2 is 1.97 bits per heavy atom. The summed E-state index contributed by atoms with van der Waals surface area (Å²) in [6.07, 6.45) is 4.22. The predicted octanol–water partition coefficient (Wildman–Crippen LogP) is 5.21. The summed E-state index contributed by atoms with van der Waals surface area (Å²) < 4.78 is 0. The van der Waals surface area contributed by atoms with Crippen molar-refractivity contribution in [2.75, 3.05) is 32.7 Å². The Morgan fingerprint density at radius 1 is 1.20 bits per heavy atom. The average molecular weight is 491 g/mol. The van der Waals surface area contributed by atoms with Crippen LogP contribution in [0.4, 0.5) is 0 Å². The molecule has 2 aromatic heterocycles. The largest absolute Gasteiger partial charge is 0.344 e. The van der Waals surface area contributed by atoms with E-state index in [1.165, 1.54) is 34.6 Å². The van der Waals surface area contributed by atoms with Gasteiger partial charge in [0, 0.05) is 43.8 Å². The van der Waals surface area contributed by atoms with Gasteiger partial charge in [-0.15, -0.1) is 11.3 Å². The fraction of sp³-hybridized carbons (Fsp3) is 0.517. The van der Waals surface area contributed by atoms with E-state index in [-0.39, 0.29) is 11.9 Å². The molecule has 1 aromatic carbocycles. The van der Waals surface area contributed by atoms with Crippen molar-refractivity contribution >= 4 is 27.5 Å². The van der Waals surface area contributed by atoms with Crippen molar-refractivity contribution in [2.24, 2.45) is 11.3 Å². The maximum absolute atomic E-state index is 13.4. The summed E-state index contributed by atoms with van der Waals surface area (Å²) >= 11 is 1.53. The van der Waals surface area contributed by atoms with E-state index in [0.29, 0.717) is 11.3 Å². The van der Waals surface area contributed by atoms with Gasteiger partial charge in [-0.1, -0.05) is 51.1 Å². The molecule has 2 aliphatic rings. The Labute approximate surface area is 213 Å². The summed E-state index contributed by atoms with van der Waals surface area (Å²) in [6.45, 7) is 12.2. The SMILES string of the molecule is CC(C)(C)[C@H]1CCc2nc3sc(C(=O)NC(CCN4CCNCC4)c4ccccc4)cc3cc2C1. The third-order valence-electron chi connectivity index (χ3n) is 7.77. The van der Waals surface area contributed by atoms with Crippen LogP contribution in [0.25, 0.3) is 10.2 Å². The van der Waals surface area contributed by atoms with Gasteiger partial charge < -0.3 is 15.5 Å². The second-order valence-corrected chi connectivity index (χ2v) is 12.3. The minimum Gasteiger partial charge on any atom is -0.344 e. The van der Waals surface area contributed by atoms with Gasteiger partial charge in [-0.05, 0) is 60.3 Å². The molecule has 1 fully saturated rings. The van der Waals surface area contributed by atoms with Crippen molar-refractivity contribution in [3.8, 4) is 0 Å². The molecule has 5 nitrogen and oxygen atoms in total. The number of piperazine rings is 1. The lowest BCUT2D eigenvalue weighted by molar-refractivity contribution is 0.0934. The summed E-state index contributed by atoms with van der Waals surface area (Å²) in [4.78, 5) is 22.6. The number of benzene rings is 1. The van der Waals surface area contributed by atoms with Gasteiger partial charge in [0.25, 0.3) is 5.91 Å². The first-order chi connectivity index (χ1) is 16.9. The predicted molar refractivity (Wildman–Crippen MR) is 145 cm³/mol. The highest BCUT2D eigenvalue weighted by Gasteiger charge is 2.30. The Morgan fingerprint density at radius 3 is 2.71 bits per heavy atom. The van der Waals surface area contributed by atoms with Gasteiger partial charge in [0.15, 0.2) is 0 Å². The van der Waals surface area contributed by atoms with E-state index >= 15 is 0 Å². The molecule has 6 heteroatoms. The molecular weight excluding hydrogens is 452 g/mol. The van der Waals surface area contributed by atoms with E-state index in [2.05, 4.69) is 66.6 Å². The van der Waals surface area contributed by atoms with Crippen molar-refractivity contribution < 1.29 is 4.79 Å². The number of aryl methyl sites for hydroxylation is 1. The van der Waals surface area contributed by atoms with E-state index < -0.39 is 0 Å². The first-order valence-corrected chi connectivity index (χ1v) is 13.9. The van der Waals surface area contributed by atoms with Crippen LogP contribution in [0.3, 0.4) is 0 Å². The normalized spacial score (nSPS) is 19.9. The highest BCUT2D eigenvalue weighted by Crippen LogP contribution is 2.38. The molecule has 2 atom stereocenters. The molecule has 35 heavy (non-hydrogen) atoms. The molecule has 186 valence electrons. The maximum Gasteiger partial charge on any atom is 0.261 e.